The smallest absolute Gasteiger partial charge is 0.255 e. The van der Waals surface area contributed by atoms with Gasteiger partial charge in [-0.2, -0.15) is 0 Å². The van der Waals surface area contributed by atoms with Crippen LogP contribution in [0.15, 0.2) is 12.4 Å². The van der Waals surface area contributed by atoms with Crippen LogP contribution >= 0.6 is 0 Å². The van der Waals surface area contributed by atoms with Crippen molar-refractivity contribution in [3.8, 4) is 0 Å². The third kappa shape index (κ3) is 2.46. The minimum absolute atomic E-state index is 0.330. The molecule has 1 aromatic heterocycles. The number of aromatic nitrogens is 2. The van der Waals surface area contributed by atoms with Gasteiger partial charge in [-0.15, -0.1) is 0 Å². The summed E-state index contributed by atoms with van der Waals surface area (Å²) in [6.07, 6.45) is 5.88. The van der Waals surface area contributed by atoms with E-state index in [-0.39, 0.29) is 6.54 Å². The van der Waals surface area contributed by atoms with E-state index in [1.165, 1.54) is 12.8 Å². The second kappa shape index (κ2) is 4.59. The molecule has 0 aliphatic heterocycles. The van der Waals surface area contributed by atoms with Crippen molar-refractivity contribution in [1.82, 2.24) is 9.55 Å². The van der Waals surface area contributed by atoms with E-state index >= 15 is 0 Å². The maximum Gasteiger partial charge on any atom is 0.255 e. The lowest BCUT2D eigenvalue weighted by molar-refractivity contribution is 0.163. The summed E-state index contributed by atoms with van der Waals surface area (Å²) < 4.78 is 26.1. The van der Waals surface area contributed by atoms with Gasteiger partial charge in [-0.3, -0.25) is 0 Å². The summed E-state index contributed by atoms with van der Waals surface area (Å²) in [4.78, 5) is 4.05. The Bertz CT molecular complexity index is 305. The van der Waals surface area contributed by atoms with Gasteiger partial charge in [-0.1, -0.05) is 12.8 Å². The molecule has 1 fully saturated rings. The molecule has 1 saturated carbocycles. The third-order valence-electron chi connectivity index (χ3n) is 2.80. The fourth-order valence-electron chi connectivity index (χ4n) is 2.10. The van der Waals surface area contributed by atoms with E-state index < -0.39 is 6.43 Å². The highest BCUT2D eigenvalue weighted by molar-refractivity contribution is 5.26. The van der Waals surface area contributed by atoms with Crippen LogP contribution in [0.5, 0.6) is 0 Å². The lowest BCUT2D eigenvalue weighted by atomic mass is 10.2. The molecule has 0 unspecified atom stereocenters. The van der Waals surface area contributed by atoms with Crippen LogP contribution in [0.1, 0.15) is 31.7 Å². The number of hydrogen-bond donors (Lipinski definition) is 1. The first-order chi connectivity index (χ1) is 7.27. The fourth-order valence-corrected chi connectivity index (χ4v) is 2.10. The van der Waals surface area contributed by atoms with Crippen molar-refractivity contribution in [3.63, 3.8) is 0 Å². The van der Waals surface area contributed by atoms with Gasteiger partial charge in [0.15, 0.2) is 0 Å². The number of rotatable bonds is 4. The number of nitrogens with one attached hydrogen (secondary N) is 1. The number of alkyl halides is 2. The van der Waals surface area contributed by atoms with E-state index in [1.54, 1.807) is 6.20 Å². The molecule has 0 atom stereocenters. The SMILES string of the molecule is FC(F)CNc1nccn1C1CCCC1. The lowest BCUT2D eigenvalue weighted by Crippen LogP contribution is -2.15. The molecule has 0 bridgehead atoms. The molecule has 0 saturated heterocycles. The van der Waals surface area contributed by atoms with Gasteiger partial charge in [0.2, 0.25) is 5.95 Å². The van der Waals surface area contributed by atoms with Crippen molar-refractivity contribution < 1.29 is 8.78 Å². The minimum atomic E-state index is -2.33. The molecule has 3 nitrogen and oxygen atoms in total. The van der Waals surface area contributed by atoms with Crippen molar-refractivity contribution in [2.24, 2.45) is 0 Å². The Morgan fingerprint density at radius 3 is 2.87 bits per heavy atom. The Morgan fingerprint density at radius 2 is 2.20 bits per heavy atom. The molecule has 0 radical (unpaired) electrons. The van der Waals surface area contributed by atoms with Crippen molar-refractivity contribution in [1.29, 1.82) is 0 Å². The Balaban J connectivity index is 2.01. The van der Waals surface area contributed by atoms with Gasteiger partial charge < -0.3 is 9.88 Å². The van der Waals surface area contributed by atoms with E-state index in [1.807, 2.05) is 10.8 Å². The van der Waals surface area contributed by atoms with E-state index in [0.29, 0.717) is 12.0 Å². The summed E-state index contributed by atoms with van der Waals surface area (Å²) >= 11 is 0. The second-order valence-corrected chi connectivity index (χ2v) is 3.87. The predicted octanol–water partition coefficient (Wildman–Crippen LogP) is 2.68. The fraction of sp³-hybridized carbons (Fsp3) is 0.700. The lowest BCUT2D eigenvalue weighted by Gasteiger charge is -2.15. The van der Waals surface area contributed by atoms with E-state index in [2.05, 4.69) is 10.3 Å². The Labute approximate surface area is 87.5 Å². The van der Waals surface area contributed by atoms with Crippen LogP contribution in [0.2, 0.25) is 0 Å². The Morgan fingerprint density at radius 1 is 1.47 bits per heavy atom. The first-order valence-corrected chi connectivity index (χ1v) is 5.32. The van der Waals surface area contributed by atoms with Crippen molar-refractivity contribution in [2.75, 3.05) is 11.9 Å². The third-order valence-corrected chi connectivity index (χ3v) is 2.80. The minimum Gasteiger partial charge on any atom is -0.350 e. The molecule has 0 spiro atoms. The standard InChI is InChI=1S/C10H15F2N3/c11-9(12)7-14-10-13-5-6-15(10)8-3-1-2-4-8/h5-6,8-9H,1-4,7H2,(H,13,14). The van der Waals surface area contributed by atoms with Gasteiger partial charge in [0.1, 0.15) is 0 Å². The van der Waals surface area contributed by atoms with Gasteiger partial charge >= 0.3 is 0 Å². The van der Waals surface area contributed by atoms with Gasteiger partial charge in [0, 0.05) is 18.4 Å². The summed E-state index contributed by atoms with van der Waals surface area (Å²) in [7, 11) is 0. The van der Waals surface area contributed by atoms with Gasteiger partial charge in [-0.05, 0) is 12.8 Å². The van der Waals surface area contributed by atoms with Crippen LogP contribution in [-0.2, 0) is 0 Å². The molecule has 0 amide bonds. The highest BCUT2D eigenvalue weighted by Gasteiger charge is 2.19. The largest absolute Gasteiger partial charge is 0.350 e. The molecule has 1 aliphatic carbocycles. The van der Waals surface area contributed by atoms with Crippen LogP contribution < -0.4 is 5.32 Å². The maximum absolute atomic E-state index is 12.0. The van der Waals surface area contributed by atoms with E-state index in [9.17, 15) is 8.78 Å². The molecule has 0 aromatic carbocycles. The van der Waals surface area contributed by atoms with Gasteiger partial charge in [-0.25, -0.2) is 13.8 Å². The zero-order valence-electron chi connectivity index (χ0n) is 8.50. The first kappa shape index (κ1) is 10.4. The number of anilines is 1. The Hall–Kier alpha value is -1.13. The van der Waals surface area contributed by atoms with Crippen LogP contribution in [0.3, 0.4) is 0 Å². The highest BCUT2D eigenvalue weighted by Crippen LogP contribution is 2.31. The van der Waals surface area contributed by atoms with Crippen LogP contribution in [0, 0.1) is 0 Å². The summed E-state index contributed by atoms with van der Waals surface area (Å²) in [5.41, 5.74) is 0. The van der Waals surface area contributed by atoms with Gasteiger partial charge in [0.25, 0.3) is 6.43 Å². The molecule has 1 heterocycles. The zero-order valence-corrected chi connectivity index (χ0v) is 8.50. The normalized spacial score (nSPS) is 17.5. The van der Waals surface area contributed by atoms with Crippen LogP contribution in [0.4, 0.5) is 14.7 Å². The molecule has 84 valence electrons. The molecule has 1 aliphatic rings. The zero-order chi connectivity index (χ0) is 10.7. The predicted molar refractivity (Wildman–Crippen MR) is 54.2 cm³/mol. The molecule has 15 heavy (non-hydrogen) atoms. The summed E-state index contributed by atoms with van der Waals surface area (Å²) in [5, 5.41) is 2.67. The molecule has 2 rings (SSSR count). The van der Waals surface area contributed by atoms with E-state index in [4.69, 9.17) is 0 Å². The average Bonchev–Trinajstić information content (AvgIpc) is 2.85. The molecule has 1 N–H and O–H groups in total. The van der Waals surface area contributed by atoms with Crippen LogP contribution in [-0.4, -0.2) is 22.5 Å². The molecular formula is C10H15F2N3. The Kier molecular flexibility index (Phi) is 3.18. The van der Waals surface area contributed by atoms with Crippen molar-refractivity contribution >= 4 is 5.95 Å². The van der Waals surface area contributed by atoms with Crippen molar-refractivity contribution in [3.05, 3.63) is 12.4 Å². The number of hydrogen-bond acceptors (Lipinski definition) is 2. The quantitative estimate of drug-likeness (QED) is 0.836. The second-order valence-electron chi connectivity index (χ2n) is 3.87. The molecule has 5 heteroatoms. The van der Waals surface area contributed by atoms with Crippen molar-refractivity contribution in [2.45, 2.75) is 38.2 Å². The first-order valence-electron chi connectivity index (χ1n) is 5.32. The number of nitrogens with zero attached hydrogens (tertiary/aromatic N) is 2. The molecule has 1 aromatic rings. The maximum atomic E-state index is 12.0. The summed E-state index contributed by atoms with van der Waals surface area (Å²) in [5.74, 6) is 0.571. The highest BCUT2D eigenvalue weighted by atomic mass is 19.3. The van der Waals surface area contributed by atoms with Crippen LogP contribution in [0.25, 0.3) is 0 Å². The average molecular weight is 215 g/mol. The summed E-state index contributed by atoms with van der Waals surface area (Å²) in [6.45, 7) is -0.330. The topological polar surface area (TPSA) is 29.9 Å². The van der Waals surface area contributed by atoms with Gasteiger partial charge in [0.05, 0.1) is 6.54 Å². The number of halogens is 2. The summed E-state index contributed by atoms with van der Waals surface area (Å²) in [6, 6.07) is 0.438. The number of imidazole rings is 1. The van der Waals surface area contributed by atoms with E-state index in [0.717, 1.165) is 12.8 Å². The monoisotopic (exact) mass is 215 g/mol. The molecular weight excluding hydrogens is 200 g/mol.